The molecule has 2 rings (SSSR count). The summed E-state index contributed by atoms with van der Waals surface area (Å²) in [5, 5.41) is 10.8. The van der Waals surface area contributed by atoms with Gasteiger partial charge in [0.05, 0.1) is 18.5 Å². The first-order chi connectivity index (χ1) is 11.4. The smallest absolute Gasteiger partial charge is 0.318 e. The predicted molar refractivity (Wildman–Crippen MR) is 90.9 cm³/mol. The highest BCUT2D eigenvalue weighted by Gasteiger charge is 2.24. The number of amides is 3. The van der Waals surface area contributed by atoms with Crippen LogP contribution in [0.1, 0.15) is 20.8 Å². The second kappa shape index (κ2) is 8.34. The number of urea groups is 1. The second-order valence-corrected chi connectivity index (χ2v) is 7.31. The number of carbonyl (C=O) groups is 2. The molecule has 0 saturated carbocycles. The van der Waals surface area contributed by atoms with Crippen molar-refractivity contribution >= 4 is 29.6 Å². The van der Waals surface area contributed by atoms with Crippen LogP contribution in [0.2, 0.25) is 0 Å². The minimum Gasteiger partial charge on any atom is -0.378 e. The van der Waals surface area contributed by atoms with Crippen LogP contribution in [-0.2, 0) is 16.1 Å². The SMILES string of the molecule is CC(C)Cn1c(S[C@@H](C)C(=O)NC(N)=O)nnc1N1CCOCC1. The maximum absolute atomic E-state index is 11.9. The van der Waals surface area contributed by atoms with Crippen molar-refractivity contribution in [1.82, 2.24) is 20.1 Å². The number of morpholine rings is 1. The van der Waals surface area contributed by atoms with Gasteiger partial charge in [-0.25, -0.2) is 4.79 Å². The summed E-state index contributed by atoms with van der Waals surface area (Å²) in [5.74, 6) is 0.742. The molecule has 134 valence electrons. The van der Waals surface area contributed by atoms with Crippen LogP contribution >= 0.6 is 11.8 Å². The Labute approximate surface area is 145 Å². The Kier molecular flexibility index (Phi) is 6.44. The van der Waals surface area contributed by atoms with Crippen molar-refractivity contribution in [2.24, 2.45) is 11.7 Å². The number of nitrogens with zero attached hydrogens (tertiary/aromatic N) is 4. The Morgan fingerprint density at radius 2 is 1.96 bits per heavy atom. The van der Waals surface area contributed by atoms with Crippen molar-refractivity contribution in [2.45, 2.75) is 37.7 Å². The molecule has 3 amide bonds. The molecule has 1 aliphatic heterocycles. The number of imide groups is 1. The van der Waals surface area contributed by atoms with Gasteiger partial charge in [0.2, 0.25) is 11.9 Å². The lowest BCUT2D eigenvalue weighted by Gasteiger charge is -2.28. The van der Waals surface area contributed by atoms with Gasteiger partial charge in [0.1, 0.15) is 0 Å². The van der Waals surface area contributed by atoms with Gasteiger partial charge >= 0.3 is 6.03 Å². The van der Waals surface area contributed by atoms with E-state index < -0.39 is 17.2 Å². The number of primary amides is 1. The predicted octanol–water partition coefficient (Wildman–Crippen LogP) is 0.446. The minimum atomic E-state index is -0.856. The zero-order valence-corrected chi connectivity index (χ0v) is 15.0. The molecule has 9 nitrogen and oxygen atoms in total. The van der Waals surface area contributed by atoms with Crippen LogP contribution in [0.25, 0.3) is 0 Å². The molecule has 0 aromatic carbocycles. The molecule has 3 N–H and O–H groups in total. The molecule has 10 heteroatoms. The fourth-order valence-corrected chi connectivity index (χ4v) is 3.18. The quantitative estimate of drug-likeness (QED) is 0.711. The van der Waals surface area contributed by atoms with Crippen molar-refractivity contribution < 1.29 is 14.3 Å². The highest BCUT2D eigenvalue weighted by molar-refractivity contribution is 8.00. The van der Waals surface area contributed by atoms with Crippen molar-refractivity contribution in [3.05, 3.63) is 0 Å². The third-order valence-electron chi connectivity index (χ3n) is 3.44. The maximum atomic E-state index is 11.9. The molecule has 1 aromatic rings. The van der Waals surface area contributed by atoms with Crippen molar-refractivity contribution in [1.29, 1.82) is 0 Å². The summed E-state index contributed by atoms with van der Waals surface area (Å²) in [6, 6.07) is -0.856. The summed E-state index contributed by atoms with van der Waals surface area (Å²) in [7, 11) is 0. The fraction of sp³-hybridized carbons (Fsp3) is 0.714. The number of aromatic nitrogens is 3. The summed E-state index contributed by atoms with van der Waals surface area (Å²) in [6.07, 6.45) is 0. The third-order valence-corrected chi connectivity index (χ3v) is 4.52. The Balaban J connectivity index is 2.17. The molecule has 24 heavy (non-hydrogen) atoms. The van der Waals surface area contributed by atoms with E-state index in [9.17, 15) is 9.59 Å². The molecule has 1 fully saturated rings. The van der Waals surface area contributed by atoms with Gasteiger partial charge in [-0.05, 0) is 12.8 Å². The highest BCUT2D eigenvalue weighted by atomic mass is 32.2. The number of anilines is 1. The van der Waals surface area contributed by atoms with Gasteiger partial charge in [0.15, 0.2) is 5.16 Å². The highest BCUT2D eigenvalue weighted by Crippen LogP contribution is 2.27. The molecular formula is C14H24N6O3S. The number of thioether (sulfide) groups is 1. The van der Waals surface area contributed by atoms with E-state index in [1.807, 2.05) is 4.57 Å². The first-order valence-electron chi connectivity index (χ1n) is 7.91. The topological polar surface area (TPSA) is 115 Å². The average Bonchev–Trinajstić information content (AvgIpc) is 2.89. The lowest BCUT2D eigenvalue weighted by atomic mass is 10.2. The first kappa shape index (κ1) is 18.5. The molecule has 0 radical (unpaired) electrons. The van der Waals surface area contributed by atoms with E-state index in [-0.39, 0.29) is 0 Å². The van der Waals surface area contributed by atoms with Gasteiger partial charge < -0.3 is 15.4 Å². The number of nitrogens with one attached hydrogen (secondary N) is 1. The molecule has 1 atom stereocenters. The van der Waals surface area contributed by atoms with Crippen molar-refractivity contribution in [2.75, 3.05) is 31.2 Å². The lowest BCUT2D eigenvalue weighted by Crippen LogP contribution is -2.39. The van der Waals surface area contributed by atoms with E-state index in [2.05, 4.69) is 34.3 Å². The first-order valence-corrected chi connectivity index (χ1v) is 8.79. The van der Waals surface area contributed by atoms with Gasteiger partial charge in [0.25, 0.3) is 0 Å². The minimum absolute atomic E-state index is 0.398. The number of nitrogens with two attached hydrogens (primary N) is 1. The fourth-order valence-electron chi connectivity index (χ4n) is 2.33. The molecule has 1 saturated heterocycles. The Morgan fingerprint density at radius 3 is 2.54 bits per heavy atom. The average molecular weight is 356 g/mol. The monoisotopic (exact) mass is 356 g/mol. The number of ether oxygens (including phenoxy) is 1. The molecular weight excluding hydrogens is 332 g/mol. The van der Waals surface area contributed by atoms with Gasteiger partial charge in [-0.15, -0.1) is 10.2 Å². The van der Waals surface area contributed by atoms with Gasteiger partial charge in [-0.2, -0.15) is 0 Å². The Morgan fingerprint density at radius 1 is 1.29 bits per heavy atom. The Hall–Kier alpha value is -1.81. The Bertz CT molecular complexity index is 585. The molecule has 1 aromatic heterocycles. The maximum Gasteiger partial charge on any atom is 0.318 e. The van der Waals surface area contributed by atoms with Crippen LogP contribution in [-0.4, -0.2) is 58.3 Å². The molecule has 0 bridgehead atoms. The molecule has 1 aliphatic rings. The second-order valence-electron chi connectivity index (χ2n) is 6.00. The van der Waals surface area contributed by atoms with Gasteiger partial charge in [-0.3, -0.25) is 14.7 Å². The molecule has 0 unspecified atom stereocenters. The van der Waals surface area contributed by atoms with Crippen LogP contribution in [0.5, 0.6) is 0 Å². The van der Waals surface area contributed by atoms with Crippen LogP contribution in [0.15, 0.2) is 5.16 Å². The summed E-state index contributed by atoms with van der Waals surface area (Å²) >= 11 is 1.26. The van der Waals surface area contributed by atoms with E-state index in [1.54, 1.807) is 6.92 Å². The van der Waals surface area contributed by atoms with Crippen LogP contribution < -0.4 is 16.0 Å². The molecule has 0 aliphatic carbocycles. The van der Waals surface area contributed by atoms with E-state index >= 15 is 0 Å². The van der Waals surface area contributed by atoms with E-state index in [0.717, 1.165) is 25.6 Å². The summed E-state index contributed by atoms with van der Waals surface area (Å²) < 4.78 is 7.40. The molecule has 2 heterocycles. The summed E-state index contributed by atoms with van der Waals surface area (Å²) in [6.45, 7) is 9.51. The van der Waals surface area contributed by atoms with E-state index in [1.165, 1.54) is 11.8 Å². The number of hydrogen-bond acceptors (Lipinski definition) is 7. The van der Waals surface area contributed by atoms with E-state index in [0.29, 0.717) is 24.3 Å². The summed E-state index contributed by atoms with van der Waals surface area (Å²) in [5.41, 5.74) is 4.99. The van der Waals surface area contributed by atoms with Crippen molar-refractivity contribution in [3.63, 3.8) is 0 Å². The zero-order valence-electron chi connectivity index (χ0n) is 14.2. The zero-order chi connectivity index (χ0) is 17.7. The third kappa shape index (κ3) is 4.84. The van der Waals surface area contributed by atoms with Crippen LogP contribution in [0.4, 0.5) is 10.7 Å². The van der Waals surface area contributed by atoms with Crippen molar-refractivity contribution in [3.8, 4) is 0 Å². The van der Waals surface area contributed by atoms with Gasteiger partial charge in [-0.1, -0.05) is 25.6 Å². The number of rotatable bonds is 6. The molecule has 0 spiro atoms. The van der Waals surface area contributed by atoms with E-state index in [4.69, 9.17) is 10.5 Å². The normalized spacial score (nSPS) is 16.2. The van der Waals surface area contributed by atoms with Gasteiger partial charge in [0, 0.05) is 19.6 Å². The number of carbonyl (C=O) groups excluding carboxylic acids is 2. The standard InChI is InChI=1S/C14H24N6O3S/c1-9(2)8-20-13(19-4-6-23-7-5-19)17-18-14(20)24-10(3)11(21)16-12(15)22/h9-10H,4-8H2,1-3H3,(H3,15,16,21,22)/t10-/m0/s1. The lowest BCUT2D eigenvalue weighted by molar-refractivity contribution is -0.119. The van der Waals surface area contributed by atoms with Crippen LogP contribution in [0, 0.1) is 5.92 Å². The van der Waals surface area contributed by atoms with Crippen LogP contribution in [0.3, 0.4) is 0 Å². The summed E-state index contributed by atoms with van der Waals surface area (Å²) in [4.78, 5) is 24.8. The number of hydrogen-bond donors (Lipinski definition) is 2. The largest absolute Gasteiger partial charge is 0.378 e.